The molecule has 0 spiro atoms. The van der Waals surface area contributed by atoms with Crippen molar-refractivity contribution in [2.75, 3.05) is 7.11 Å². The van der Waals surface area contributed by atoms with Gasteiger partial charge in [0.05, 0.1) is 18.9 Å². The molecule has 17 heavy (non-hydrogen) atoms. The summed E-state index contributed by atoms with van der Waals surface area (Å²) in [4.78, 5) is 19.0. The zero-order chi connectivity index (χ0) is 12.3. The van der Waals surface area contributed by atoms with E-state index in [-0.39, 0.29) is 5.56 Å². The van der Waals surface area contributed by atoms with Crippen LogP contribution in [0.4, 0.5) is 0 Å². The fourth-order valence-corrected chi connectivity index (χ4v) is 1.49. The average molecular weight is 230 g/mol. The summed E-state index contributed by atoms with van der Waals surface area (Å²) in [7, 11) is 1.53. The minimum Gasteiger partial charge on any atom is -0.495 e. The first-order valence-corrected chi connectivity index (χ1v) is 4.89. The topological polar surface area (TPSA) is 72.3 Å². The van der Waals surface area contributed by atoms with Crippen molar-refractivity contribution in [2.24, 2.45) is 0 Å². The van der Waals surface area contributed by atoms with Crippen LogP contribution >= 0.6 is 0 Å². The predicted octanol–water partition coefficient (Wildman–Crippen LogP) is 1.85. The van der Waals surface area contributed by atoms with Crippen LogP contribution in [-0.4, -0.2) is 28.2 Å². The molecule has 2 heterocycles. The Kier molecular flexibility index (Phi) is 3.00. The summed E-state index contributed by atoms with van der Waals surface area (Å²) in [5.41, 5.74) is 1.37. The number of carboxylic acid groups (broad SMARTS) is 1. The summed E-state index contributed by atoms with van der Waals surface area (Å²) in [5, 5.41) is 9.07. The monoisotopic (exact) mass is 230 g/mol. The van der Waals surface area contributed by atoms with Gasteiger partial charge >= 0.3 is 5.97 Å². The van der Waals surface area contributed by atoms with E-state index in [2.05, 4.69) is 9.97 Å². The second-order valence-electron chi connectivity index (χ2n) is 3.34. The van der Waals surface area contributed by atoms with E-state index in [1.54, 1.807) is 18.5 Å². The lowest BCUT2D eigenvalue weighted by atomic mass is 10.0. The van der Waals surface area contributed by atoms with Crippen molar-refractivity contribution in [3.63, 3.8) is 0 Å². The maximum atomic E-state index is 11.1. The Labute approximate surface area is 97.7 Å². The van der Waals surface area contributed by atoms with Crippen LogP contribution in [0, 0.1) is 0 Å². The summed E-state index contributed by atoms with van der Waals surface area (Å²) in [5.74, 6) is -0.423. The van der Waals surface area contributed by atoms with Gasteiger partial charge in [0.2, 0.25) is 0 Å². The predicted molar refractivity (Wildman–Crippen MR) is 61.0 cm³/mol. The number of pyridine rings is 2. The molecule has 0 amide bonds. The van der Waals surface area contributed by atoms with Crippen LogP contribution in [0.1, 0.15) is 10.4 Å². The van der Waals surface area contributed by atoms with Gasteiger partial charge in [-0.05, 0) is 12.1 Å². The zero-order valence-electron chi connectivity index (χ0n) is 9.12. The molecule has 86 valence electrons. The molecule has 0 atom stereocenters. The second-order valence-corrected chi connectivity index (χ2v) is 3.34. The molecule has 0 aromatic carbocycles. The fourth-order valence-electron chi connectivity index (χ4n) is 1.49. The van der Waals surface area contributed by atoms with Crippen LogP contribution < -0.4 is 4.74 Å². The first-order valence-electron chi connectivity index (χ1n) is 4.89. The summed E-state index contributed by atoms with van der Waals surface area (Å²) >= 11 is 0. The molecule has 2 aromatic rings. The van der Waals surface area contributed by atoms with Crippen LogP contribution in [0.15, 0.2) is 36.9 Å². The Morgan fingerprint density at radius 2 is 2.12 bits per heavy atom. The number of carbonyl (C=O) groups is 1. The first kappa shape index (κ1) is 11.1. The van der Waals surface area contributed by atoms with E-state index in [1.807, 2.05) is 0 Å². The molecular weight excluding hydrogens is 220 g/mol. The standard InChI is InChI=1S/C12H10N2O3/c1-17-9-4-8(5-14-6-9)11-7-13-3-2-10(11)12(15)16/h2-7H,1H3,(H,15,16). The number of hydrogen-bond donors (Lipinski definition) is 1. The normalized spacial score (nSPS) is 9.94. The SMILES string of the molecule is COc1cncc(-c2cnccc2C(=O)O)c1. The molecule has 1 N–H and O–H groups in total. The molecule has 0 unspecified atom stereocenters. The molecule has 0 fully saturated rings. The van der Waals surface area contributed by atoms with E-state index >= 15 is 0 Å². The number of carboxylic acids is 1. The van der Waals surface area contributed by atoms with Gasteiger partial charge in [-0.1, -0.05) is 0 Å². The van der Waals surface area contributed by atoms with Gasteiger partial charge in [0.1, 0.15) is 5.75 Å². The second kappa shape index (κ2) is 4.61. The van der Waals surface area contributed by atoms with Gasteiger partial charge in [-0.3, -0.25) is 9.97 Å². The van der Waals surface area contributed by atoms with Gasteiger partial charge in [-0.25, -0.2) is 4.79 Å². The van der Waals surface area contributed by atoms with Crippen LogP contribution in [0.2, 0.25) is 0 Å². The molecule has 2 aromatic heterocycles. The smallest absolute Gasteiger partial charge is 0.336 e. The number of rotatable bonds is 3. The lowest BCUT2D eigenvalue weighted by Gasteiger charge is -2.06. The van der Waals surface area contributed by atoms with Crippen LogP contribution in [0.5, 0.6) is 5.75 Å². The maximum Gasteiger partial charge on any atom is 0.336 e. The molecule has 2 rings (SSSR count). The number of ether oxygens (including phenoxy) is 1. The molecule has 0 saturated carbocycles. The number of aromatic carboxylic acids is 1. The van der Waals surface area contributed by atoms with Gasteiger partial charge in [-0.15, -0.1) is 0 Å². The Bertz CT molecular complexity index is 555. The fraction of sp³-hybridized carbons (Fsp3) is 0.0833. The molecule has 5 nitrogen and oxygen atoms in total. The molecule has 5 heteroatoms. The summed E-state index contributed by atoms with van der Waals surface area (Å²) in [6, 6.07) is 3.17. The van der Waals surface area contributed by atoms with Crippen LogP contribution in [0.3, 0.4) is 0 Å². The lowest BCUT2D eigenvalue weighted by Crippen LogP contribution is -2.00. The number of hydrogen-bond acceptors (Lipinski definition) is 4. The van der Waals surface area contributed by atoms with Gasteiger partial charge in [0, 0.05) is 29.7 Å². The molecule has 0 saturated heterocycles. The van der Waals surface area contributed by atoms with E-state index in [1.165, 1.54) is 25.6 Å². The zero-order valence-corrected chi connectivity index (χ0v) is 9.12. The molecule has 0 aliphatic carbocycles. The Balaban J connectivity index is 2.56. The van der Waals surface area contributed by atoms with E-state index in [9.17, 15) is 4.79 Å². The average Bonchev–Trinajstić information content (AvgIpc) is 2.39. The third kappa shape index (κ3) is 2.23. The van der Waals surface area contributed by atoms with Crippen molar-refractivity contribution < 1.29 is 14.6 Å². The Morgan fingerprint density at radius 3 is 2.82 bits per heavy atom. The maximum absolute atomic E-state index is 11.1. The van der Waals surface area contributed by atoms with Gasteiger partial charge in [0.15, 0.2) is 0 Å². The van der Waals surface area contributed by atoms with E-state index in [4.69, 9.17) is 9.84 Å². The highest BCUT2D eigenvalue weighted by Crippen LogP contribution is 2.24. The van der Waals surface area contributed by atoms with E-state index < -0.39 is 5.97 Å². The summed E-state index contributed by atoms with van der Waals surface area (Å²) in [6.45, 7) is 0. The van der Waals surface area contributed by atoms with Gasteiger partial charge < -0.3 is 9.84 Å². The van der Waals surface area contributed by atoms with Gasteiger partial charge in [0.25, 0.3) is 0 Å². The summed E-state index contributed by atoms with van der Waals surface area (Å²) in [6.07, 6.45) is 6.08. The third-order valence-electron chi connectivity index (χ3n) is 2.31. The van der Waals surface area contributed by atoms with Crippen LogP contribution in [0.25, 0.3) is 11.1 Å². The molecule has 0 radical (unpaired) electrons. The van der Waals surface area contributed by atoms with E-state index in [0.717, 1.165) is 0 Å². The summed E-state index contributed by atoms with van der Waals surface area (Å²) < 4.78 is 5.05. The highest BCUT2D eigenvalue weighted by Gasteiger charge is 2.12. The van der Waals surface area contributed by atoms with Crippen LogP contribution in [-0.2, 0) is 0 Å². The van der Waals surface area contributed by atoms with Crippen molar-refractivity contribution in [1.29, 1.82) is 0 Å². The van der Waals surface area contributed by atoms with E-state index in [0.29, 0.717) is 16.9 Å². The third-order valence-corrected chi connectivity index (χ3v) is 2.31. The van der Waals surface area contributed by atoms with Crippen molar-refractivity contribution in [2.45, 2.75) is 0 Å². The molecule has 0 aliphatic rings. The first-order chi connectivity index (χ1) is 8.22. The largest absolute Gasteiger partial charge is 0.495 e. The van der Waals surface area contributed by atoms with Crippen molar-refractivity contribution in [3.8, 4) is 16.9 Å². The number of nitrogens with zero attached hydrogens (tertiary/aromatic N) is 2. The molecule has 0 aliphatic heterocycles. The molecular formula is C12H10N2O3. The number of aromatic nitrogens is 2. The Morgan fingerprint density at radius 1 is 1.29 bits per heavy atom. The van der Waals surface area contributed by atoms with Crippen molar-refractivity contribution in [3.05, 3.63) is 42.5 Å². The Hall–Kier alpha value is -2.43. The highest BCUT2D eigenvalue weighted by molar-refractivity contribution is 5.95. The highest BCUT2D eigenvalue weighted by atomic mass is 16.5. The minimum atomic E-state index is -0.995. The van der Waals surface area contributed by atoms with Gasteiger partial charge in [-0.2, -0.15) is 0 Å². The quantitative estimate of drug-likeness (QED) is 0.871. The number of methoxy groups -OCH3 is 1. The lowest BCUT2D eigenvalue weighted by molar-refractivity contribution is 0.0697. The van der Waals surface area contributed by atoms with Crippen molar-refractivity contribution >= 4 is 5.97 Å². The minimum absolute atomic E-state index is 0.190. The molecule has 0 bridgehead atoms. The van der Waals surface area contributed by atoms with Crippen molar-refractivity contribution in [1.82, 2.24) is 9.97 Å².